The summed E-state index contributed by atoms with van der Waals surface area (Å²) in [6.07, 6.45) is 5.06. The summed E-state index contributed by atoms with van der Waals surface area (Å²) in [5, 5.41) is 10.8. The zero-order valence-corrected chi connectivity index (χ0v) is 18.6. The van der Waals surface area contributed by atoms with Crippen LogP contribution in [0.1, 0.15) is 37.4 Å². The van der Waals surface area contributed by atoms with E-state index in [1.165, 1.54) is 0 Å². The minimum absolute atomic E-state index is 0.0152. The van der Waals surface area contributed by atoms with Crippen LogP contribution in [0.4, 0.5) is 5.95 Å². The van der Waals surface area contributed by atoms with Crippen molar-refractivity contribution in [2.24, 2.45) is 0 Å². The Kier molecular flexibility index (Phi) is 5.78. The molecule has 0 bridgehead atoms. The first-order chi connectivity index (χ1) is 16.0. The zero-order chi connectivity index (χ0) is 22.9. The number of para-hydroxylation sites is 1. The molecular weight excluding hydrogens is 418 g/mol. The summed E-state index contributed by atoms with van der Waals surface area (Å²) in [4.78, 5) is 27.2. The van der Waals surface area contributed by atoms with Gasteiger partial charge in [0.1, 0.15) is 5.65 Å². The number of nitrogens with zero attached hydrogens (tertiary/aromatic N) is 4. The van der Waals surface area contributed by atoms with E-state index in [0.29, 0.717) is 17.8 Å². The number of aromatic nitrogens is 4. The molecule has 1 fully saturated rings. The summed E-state index contributed by atoms with van der Waals surface area (Å²) in [7, 11) is 0. The first-order valence-electron chi connectivity index (χ1n) is 11.3. The van der Waals surface area contributed by atoms with Crippen LogP contribution in [0.5, 0.6) is 0 Å². The van der Waals surface area contributed by atoms with Gasteiger partial charge in [0.2, 0.25) is 5.95 Å². The van der Waals surface area contributed by atoms with Gasteiger partial charge in [0.05, 0.1) is 30.5 Å². The lowest BCUT2D eigenvalue weighted by Gasteiger charge is -2.30. The highest BCUT2D eigenvalue weighted by Gasteiger charge is 2.27. The molecule has 8 heteroatoms. The van der Waals surface area contributed by atoms with Gasteiger partial charge >= 0.3 is 0 Å². The Hall–Kier alpha value is -3.36. The Morgan fingerprint density at radius 3 is 2.73 bits per heavy atom. The molecule has 0 radical (unpaired) electrons. The number of pyridine rings is 2. The van der Waals surface area contributed by atoms with Crippen LogP contribution in [0.25, 0.3) is 33.1 Å². The maximum Gasteiger partial charge on any atom is 0.260 e. The van der Waals surface area contributed by atoms with Gasteiger partial charge in [0.25, 0.3) is 5.56 Å². The van der Waals surface area contributed by atoms with E-state index in [2.05, 4.69) is 15.0 Å². The standard InChI is InChI=1S/C25H27N5O3/c1-15-20-13-21(17-12-16-4-2-3-5-22(16)27-14-17)24(32)30(23(20)29-25(26)28-15)18-6-8-19(9-7-18)33-11-10-31/h2-5,12-14,18-19,31H,6-11H2,1H3,(H2,26,28,29)/t18-,19-. The summed E-state index contributed by atoms with van der Waals surface area (Å²) in [5.41, 5.74) is 9.41. The van der Waals surface area contributed by atoms with Crippen molar-refractivity contribution >= 4 is 27.9 Å². The van der Waals surface area contributed by atoms with Crippen LogP contribution in [0, 0.1) is 6.92 Å². The molecule has 0 saturated heterocycles. The Morgan fingerprint density at radius 1 is 1.15 bits per heavy atom. The number of aliphatic hydroxyl groups is 1. The van der Waals surface area contributed by atoms with E-state index >= 15 is 0 Å². The van der Waals surface area contributed by atoms with Crippen molar-refractivity contribution < 1.29 is 9.84 Å². The van der Waals surface area contributed by atoms with Gasteiger partial charge in [-0.2, -0.15) is 4.98 Å². The number of benzene rings is 1. The molecule has 0 amide bonds. The number of anilines is 1. The molecule has 1 aliphatic carbocycles. The summed E-state index contributed by atoms with van der Waals surface area (Å²) >= 11 is 0. The van der Waals surface area contributed by atoms with Gasteiger partial charge in [-0.15, -0.1) is 0 Å². The molecule has 0 unspecified atom stereocenters. The van der Waals surface area contributed by atoms with Crippen LogP contribution in [0.2, 0.25) is 0 Å². The number of nitrogen functional groups attached to an aromatic ring is 1. The fourth-order valence-electron chi connectivity index (χ4n) is 4.83. The van der Waals surface area contributed by atoms with Crippen molar-refractivity contribution in [1.29, 1.82) is 0 Å². The van der Waals surface area contributed by atoms with E-state index in [4.69, 9.17) is 15.6 Å². The second-order valence-corrected chi connectivity index (χ2v) is 8.58. The summed E-state index contributed by atoms with van der Waals surface area (Å²) in [5.74, 6) is 0.160. The molecular formula is C25H27N5O3. The molecule has 3 N–H and O–H groups in total. The number of nitrogens with two attached hydrogens (primary N) is 1. The molecule has 0 spiro atoms. The topological polar surface area (TPSA) is 116 Å². The highest BCUT2D eigenvalue weighted by molar-refractivity contribution is 5.87. The molecule has 3 heterocycles. The molecule has 33 heavy (non-hydrogen) atoms. The quantitative estimate of drug-likeness (QED) is 0.484. The molecule has 1 saturated carbocycles. The van der Waals surface area contributed by atoms with E-state index in [-0.39, 0.29) is 30.3 Å². The molecule has 5 rings (SSSR count). The first kappa shape index (κ1) is 21.5. The van der Waals surface area contributed by atoms with E-state index < -0.39 is 0 Å². The van der Waals surface area contributed by atoms with E-state index in [1.807, 2.05) is 43.3 Å². The number of fused-ring (bicyclic) bond motifs is 2. The summed E-state index contributed by atoms with van der Waals surface area (Å²) < 4.78 is 7.51. The molecule has 4 aromatic rings. The smallest absolute Gasteiger partial charge is 0.260 e. The Balaban J connectivity index is 1.64. The monoisotopic (exact) mass is 445 g/mol. The molecule has 3 aromatic heterocycles. The van der Waals surface area contributed by atoms with Crippen LogP contribution < -0.4 is 11.3 Å². The summed E-state index contributed by atoms with van der Waals surface area (Å²) in [6.45, 7) is 2.24. The van der Waals surface area contributed by atoms with Gasteiger partial charge in [0.15, 0.2) is 0 Å². The van der Waals surface area contributed by atoms with Crippen molar-refractivity contribution in [3.05, 3.63) is 58.6 Å². The normalized spacial score (nSPS) is 18.7. The molecule has 1 aliphatic rings. The van der Waals surface area contributed by atoms with Gasteiger partial charge in [0, 0.05) is 34.1 Å². The number of rotatable bonds is 5. The third kappa shape index (κ3) is 4.07. The molecule has 170 valence electrons. The maximum atomic E-state index is 13.9. The lowest BCUT2D eigenvalue weighted by Crippen LogP contribution is -2.32. The van der Waals surface area contributed by atoms with Gasteiger partial charge in [-0.1, -0.05) is 18.2 Å². The van der Waals surface area contributed by atoms with E-state index in [0.717, 1.165) is 53.2 Å². The summed E-state index contributed by atoms with van der Waals surface area (Å²) in [6, 6.07) is 11.7. The second kappa shape index (κ2) is 8.88. The Bertz CT molecular complexity index is 1380. The average molecular weight is 446 g/mol. The zero-order valence-electron chi connectivity index (χ0n) is 18.6. The van der Waals surface area contributed by atoms with Gasteiger partial charge in [-0.3, -0.25) is 14.3 Å². The number of hydrogen-bond donors (Lipinski definition) is 2. The molecule has 1 aromatic carbocycles. The van der Waals surface area contributed by atoms with Crippen LogP contribution in [-0.2, 0) is 4.74 Å². The van der Waals surface area contributed by atoms with Gasteiger partial charge < -0.3 is 15.6 Å². The van der Waals surface area contributed by atoms with E-state index in [9.17, 15) is 4.79 Å². The van der Waals surface area contributed by atoms with Crippen molar-refractivity contribution in [1.82, 2.24) is 19.5 Å². The molecule has 0 aliphatic heterocycles. The number of hydrogen-bond acceptors (Lipinski definition) is 7. The molecule has 8 nitrogen and oxygen atoms in total. The van der Waals surface area contributed by atoms with Crippen molar-refractivity contribution in [3.63, 3.8) is 0 Å². The minimum atomic E-state index is -0.100. The highest BCUT2D eigenvalue weighted by Crippen LogP contribution is 2.33. The highest BCUT2D eigenvalue weighted by atomic mass is 16.5. The predicted molar refractivity (Wildman–Crippen MR) is 128 cm³/mol. The number of aryl methyl sites for hydroxylation is 1. The first-order valence-corrected chi connectivity index (χ1v) is 11.3. The fraction of sp³-hybridized carbons (Fsp3) is 0.360. The van der Waals surface area contributed by atoms with Gasteiger partial charge in [-0.05, 0) is 50.8 Å². The van der Waals surface area contributed by atoms with Gasteiger partial charge in [-0.25, -0.2) is 4.98 Å². The maximum absolute atomic E-state index is 13.9. The lowest BCUT2D eigenvalue weighted by atomic mass is 9.92. The van der Waals surface area contributed by atoms with Crippen molar-refractivity contribution in [3.8, 4) is 11.1 Å². The lowest BCUT2D eigenvalue weighted by molar-refractivity contribution is 0.00169. The van der Waals surface area contributed by atoms with Crippen LogP contribution in [0.15, 0.2) is 47.4 Å². The Morgan fingerprint density at radius 2 is 1.94 bits per heavy atom. The Labute approximate surface area is 191 Å². The van der Waals surface area contributed by atoms with Crippen LogP contribution >= 0.6 is 0 Å². The average Bonchev–Trinajstić information content (AvgIpc) is 2.82. The number of ether oxygens (including phenoxy) is 1. The van der Waals surface area contributed by atoms with Crippen LogP contribution in [0.3, 0.4) is 0 Å². The van der Waals surface area contributed by atoms with E-state index in [1.54, 1.807) is 10.8 Å². The largest absolute Gasteiger partial charge is 0.394 e. The predicted octanol–water partition coefficient (Wildman–Crippen LogP) is 3.39. The number of aliphatic hydroxyl groups excluding tert-OH is 1. The van der Waals surface area contributed by atoms with Crippen molar-refractivity contribution in [2.45, 2.75) is 44.8 Å². The van der Waals surface area contributed by atoms with Crippen LogP contribution in [-0.4, -0.2) is 43.9 Å². The third-order valence-corrected chi connectivity index (χ3v) is 6.45. The minimum Gasteiger partial charge on any atom is -0.394 e. The van der Waals surface area contributed by atoms with Crippen molar-refractivity contribution in [2.75, 3.05) is 18.9 Å². The molecule has 0 atom stereocenters. The SMILES string of the molecule is Cc1nc(N)nc2c1cc(-c1cnc3ccccc3c1)c(=O)n2[C@H]1CC[C@H](OCCO)CC1. The fourth-order valence-corrected chi connectivity index (χ4v) is 4.83. The second-order valence-electron chi connectivity index (χ2n) is 8.58. The third-order valence-electron chi connectivity index (χ3n) is 6.45.